The second-order valence-corrected chi connectivity index (χ2v) is 4.53. The highest BCUT2D eigenvalue weighted by Crippen LogP contribution is 2.01. The summed E-state index contributed by atoms with van der Waals surface area (Å²) in [6, 6.07) is 0. The van der Waals surface area contributed by atoms with E-state index in [4.69, 9.17) is 0 Å². The van der Waals surface area contributed by atoms with E-state index in [0.29, 0.717) is 6.42 Å². The fourth-order valence-electron chi connectivity index (χ4n) is 0.676. The molecule has 3 heteroatoms. The summed E-state index contributed by atoms with van der Waals surface area (Å²) in [5, 5.41) is 2.90. The van der Waals surface area contributed by atoms with Crippen molar-refractivity contribution >= 4 is 17.7 Å². The molecule has 0 aromatic heterocycles. The maximum absolute atomic E-state index is 11.1. The van der Waals surface area contributed by atoms with E-state index in [1.807, 2.05) is 27.0 Å². The summed E-state index contributed by atoms with van der Waals surface area (Å²) in [6.45, 7) is 5.97. The minimum atomic E-state index is -0.0878. The molecular formula is C8H17NOS. The van der Waals surface area contributed by atoms with Gasteiger partial charge >= 0.3 is 0 Å². The van der Waals surface area contributed by atoms with Crippen LogP contribution in [0, 0.1) is 0 Å². The van der Waals surface area contributed by atoms with Crippen LogP contribution in [-0.4, -0.2) is 23.5 Å². The minimum absolute atomic E-state index is 0.0878. The highest BCUT2D eigenvalue weighted by atomic mass is 32.2. The van der Waals surface area contributed by atoms with E-state index >= 15 is 0 Å². The molecular weight excluding hydrogens is 158 g/mol. The maximum atomic E-state index is 11.1. The number of hydrogen-bond acceptors (Lipinski definition) is 2. The van der Waals surface area contributed by atoms with Gasteiger partial charge in [0.1, 0.15) is 0 Å². The molecule has 0 aromatic rings. The van der Waals surface area contributed by atoms with Crippen molar-refractivity contribution in [2.75, 3.05) is 12.0 Å². The van der Waals surface area contributed by atoms with Gasteiger partial charge in [-0.2, -0.15) is 11.8 Å². The van der Waals surface area contributed by atoms with Crippen molar-refractivity contribution in [3.63, 3.8) is 0 Å². The molecule has 0 aliphatic heterocycles. The third-order valence-electron chi connectivity index (χ3n) is 1.05. The fourth-order valence-corrected chi connectivity index (χ4v) is 1.07. The second kappa shape index (κ2) is 4.65. The van der Waals surface area contributed by atoms with Crippen LogP contribution >= 0.6 is 11.8 Å². The molecule has 0 atom stereocenters. The third kappa shape index (κ3) is 7.72. The molecule has 0 rings (SSSR count). The van der Waals surface area contributed by atoms with E-state index in [1.54, 1.807) is 11.8 Å². The molecule has 1 amide bonds. The van der Waals surface area contributed by atoms with Crippen LogP contribution in [0.5, 0.6) is 0 Å². The van der Waals surface area contributed by atoms with E-state index < -0.39 is 0 Å². The van der Waals surface area contributed by atoms with Crippen LogP contribution in [0.4, 0.5) is 0 Å². The molecule has 1 N–H and O–H groups in total. The first kappa shape index (κ1) is 10.8. The van der Waals surface area contributed by atoms with Gasteiger partial charge in [-0.05, 0) is 27.0 Å². The lowest BCUT2D eigenvalue weighted by molar-refractivity contribution is -0.122. The Hall–Kier alpha value is -0.180. The number of thioether (sulfide) groups is 1. The molecule has 0 fully saturated rings. The predicted molar refractivity (Wildman–Crippen MR) is 50.9 cm³/mol. The standard InChI is InChI=1S/C8H17NOS/c1-8(2,3)9-7(10)5-6-11-4/h5-6H2,1-4H3,(H,9,10). The second-order valence-electron chi connectivity index (χ2n) is 3.54. The predicted octanol–water partition coefficient (Wildman–Crippen LogP) is 1.65. The summed E-state index contributed by atoms with van der Waals surface area (Å²) < 4.78 is 0. The first-order valence-electron chi connectivity index (χ1n) is 3.75. The Kier molecular flexibility index (Phi) is 4.57. The number of hydrogen-bond donors (Lipinski definition) is 1. The summed E-state index contributed by atoms with van der Waals surface area (Å²) in [4.78, 5) is 11.1. The molecule has 0 aliphatic carbocycles. The van der Waals surface area contributed by atoms with Crippen molar-refractivity contribution in [3.8, 4) is 0 Å². The lowest BCUT2D eigenvalue weighted by atomic mass is 10.1. The van der Waals surface area contributed by atoms with Gasteiger partial charge in [0.25, 0.3) is 0 Å². The van der Waals surface area contributed by atoms with Crippen LogP contribution in [0.15, 0.2) is 0 Å². The monoisotopic (exact) mass is 175 g/mol. The molecule has 0 aromatic carbocycles. The van der Waals surface area contributed by atoms with Gasteiger partial charge in [-0.15, -0.1) is 0 Å². The van der Waals surface area contributed by atoms with E-state index in [2.05, 4.69) is 5.32 Å². The molecule has 2 nitrogen and oxygen atoms in total. The van der Waals surface area contributed by atoms with Gasteiger partial charge in [0.2, 0.25) is 5.91 Å². The molecule has 0 aliphatic rings. The largest absolute Gasteiger partial charge is 0.351 e. The summed E-state index contributed by atoms with van der Waals surface area (Å²) in [7, 11) is 0. The van der Waals surface area contributed by atoms with Crippen molar-refractivity contribution in [2.24, 2.45) is 0 Å². The third-order valence-corrected chi connectivity index (χ3v) is 1.66. The van der Waals surface area contributed by atoms with Gasteiger partial charge in [-0.3, -0.25) is 4.79 Å². The molecule has 0 unspecified atom stereocenters. The summed E-state index contributed by atoms with van der Waals surface area (Å²) in [5.41, 5.74) is -0.0878. The van der Waals surface area contributed by atoms with Crippen molar-refractivity contribution < 1.29 is 4.79 Å². The fraction of sp³-hybridized carbons (Fsp3) is 0.875. The van der Waals surface area contributed by atoms with Crippen molar-refractivity contribution in [1.82, 2.24) is 5.32 Å². The smallest absolute Gasteiger partial charge is 0.221 e. The first-order valence-corrected chi connectivity index (χ1v) is 5.15. The minimum Gasteiger partial charge on any atom is -0.351 e. The first-order chi connectivity index (χ1) is 4.95. The van der Waals surface area contributed by atoms with E-state index in [-0.39, 0.29) is 11.4 Å². The van der Waals surface area contributed by atoms with Crippen LogP contribution in [0.1, 0.15) is 27.2 Å². The highest BCUT2D eigenvalue weighted by Gasteiger charge is 2.12. The van der Waals surface area contributed by atoms with Gasteiger partial charge in [0.05, 0.1) is 0 Å². The lowest BCUT2D eigenvalue weighted by Crippen LogP contribution is -2.40. The zero-order valence-corrected chi connectivity index (χ0v) is 8.55. The molecule has 66 valence electrons. The number of rotatable bonds is 3. The summed E-state index contributed by atoms with van der Waals surface area (Å²) in [6.07, 6.45) is 2.63. The SMILES string of the molecule is CSCCC(=O)NC(C)(C)C. The van der Waals surface area contributed by atoms with Gasteiger partial charge in [-0.25, -0.2) is 0 Å². The summed E-state index contributed by atoms with van der Waals surface area (Å²) >= 11 is 1.70. The Morgan fingerprint density at radius 2 is 2.00 bits per heavy atom. The maximum Gasteiger partial charge on any atom is 0.221 e. The Bertz CT molecular complexity index is 129. The van der Waals surface area contributed by atoms with Gasteiger partial charge in [0.15, 0.2) is 0 Å². The Morgan fingerprint density at radius 1 is 1.45 bits per heavy atom. The van der Waals surface area contributed by atoms with Gasteiger partial charge in [0, 0.05) is 17.7 Å². The quantitative estimate of drug-likeness (QED) is 0.706. The van der Waals surface area contributed by atoms with E-state index in [1.165, 1.54) is 0 Å². The van der Waals surface area contributed by atoms with Crippen LogP contribution in [-0.2, 0) is 4.79 Å². The molecule has 11 heavy (non-hydrogen) atoms. The van der Waals surface area contributed by atoms with Gasteiger partial charge < -0.3 is 5.32 Å². The Labute approximate surface area is 73.1 Å². The topological polar surface area (TPSA) is 29.1 Å². The lowest BCUT2D eigenvalue weighted by Gasteiger charge is -2.20. The van der Waals surface area contributed by atoms with Crippen LogP contribution in [0.25, 0.3) is 0 Å². The average molecular weight is 175 g/mol. The number of carbonyl (C=O) groups excluding carboxylic acids is 1. The average Bonchev–Trinajstić information content (AvgIpc) is 1.79. The normalized spacial score (nSPS) is 11.3. The Morgan fingerprint density at radius 3 is 2.36 bits per heavy atom. The Balaban J connectivity index is 3.53. The van der Waals surface area contributed by atoms with Crippen LogP contribution in [0.3, 0.4) is 0 Å². The molecule has 0 bridgehead atoms. The van der Waals surface area contributed by atoms with Gasteiger partial charge in [-0.1, -0.05) is 0 Å². The van der Waals surface area contributed by atoms with Crippen molar-refractivity contribution in [2.45, 2.75) is 32.7 Å². The van der Waals surface area contributed by atoms with Crippen molar-refractivity contribution in [3.05, 3.63) is 0 Å². The highest BCUT2D eigenvalue weighted by molar-refractivity contribution is 7.98. The molecule has 0 heterocycles. The van der Waals surface area contributed by atoms with E-state index in [9.17, 15) is 4.79 Å². The molecule has 0 spiro atoms. The van der Waals surface area contributed by atoms with Crippen LogP contribution < -0.4 is 5.32 Å². The number of carbonyl (C=O) groups is 1. The summed E-state index contributed by atoms with van der Waals surface area (Å²) in [5.74, 6) is 1.05. The molecule has 0 saturated carbocycles. The molecule has 0 radical (unpaired) electrons. The zero-order chi connectivity index (χ0) is 8.91. The van der Waals surface area contributed by atoms with Crippen molar-refractivity contribution in [1.29, 1.82) is 0 Å². The zero-order valence-electron chi connectivity index (χ0n) is 7.73. The van der Waals surface area contributed by atoms with Crippen LogP contribution in [0.2, 0.25) is 0 Å². The number of nitrogens with one attached hydrogen (secondary N) is 1. The number of amides is 1. The molecule has 0 saturated heterocycles. The van der Waals surface area contributed by atoms with E-state index in [0.717, 1.165) is 5.75 Å².